The maximum Gasteiger partial charge on any atom is 0.232 e. The minimum Gasteiger partial charge on any atom is -0.324 e. The third-order valence-corrected chi connectivity index (χ3v) is 4.46. The van der Waals surface area contributed by atoms with E-state index in [0.717, 1.165) is 23.0 Å². The molecule has 1 saturated carbocycles. The molecular formula is C16H18N4O. The highest BCUT2D eigenvalue weighted by atomic mass is 16.1. The molecule has 2 heterocycles. The van der Waals surface area contributed by atoms with E-state index in [-0.39, 0.29) is 12.3 Å². The second kappa shape index (κ2) is 4.98. The topological polar surface area (TPSA) is 59.8 Å². The number of carbonyl (C=O) groups is 1. The predicted molar refractivity (Wildman–Crippen MR) is 79.5 cm³/mol. The maximum atomic E-state index is 12.0. The fraction of sp³-hybridized carbons (Fsp3) is 0.438. The minimum atomic E-state index is -0.0243. The van der Waals surface area contributed by atoms with Gasteiger partial charge in [0.1, 0.15) is 11.6 Å². The van der Waals surface area contributed by atoms with Gasteiger partial charge in [0.15, 0.2) is 0 Å². The highest BCUT2D eigenvalue weighted by Crippen LogP contribution is 2.35. The van der Waals surface area contributed by atoms with Crippen molar-refractivity contribution in [1.82, 2.24) is 14.8 Å². The van der Waals surface area contributed by atoms with Gasteiger partial charge in [0, 0.05) is 5.92 Å². The number of fused-ring (bicyclic) bond motifs is 3. The Hall–Kier alpha value is -2.17. The van der Waals surface area contributed by atoms with Crippen LogP contribution in [0.4, 0.5) is 5.69 Å². The highest BCUT2D eigenvalue weighted by Gasteiger charge is 2.27. The fourth-order valence-corrected chi connectivity index (χ4v) is 3.44. The molecule has 2 aromatic rings. The van der Waals surface area contributed by atoms with Gasteiger partial charge in [-0.2, -0.15) is 0 Å². The molecule has 1 aliphatic heterocycles. The molecule has 108 valence electrons. The summed E-state index contributed by atoms with van der Waals surface area (Å²) in [5.74, 6) is 2.21. The van der Waals surface area contributed by atoms with E-state index in [1.54, 1.807) is 0 Å². The third kappa shape index (κ3) is 2.13. The summed E-state index contributed by atoms with van der Waals surface area (Å²) in [6.45, 7) is 0. The average molecular weight is 282 g/mol. The zero-order valence-electron chi connectivity index (χ0n) is 11.9. The van der Waals surface area contributed by atoms with Crippen LogP contribution in [0.25, 0.3) is 5.69 Å². The van der Waals surface area contributed by atoms with E-state index < -0.39 is 0 Å². The monoisotopic (exact) mass is 282 g/mol. The number of rotatable bonds is 1. The summed E-state index contributed by atoms with van der Waals surface area (Å²) in [5.41, 5.74) is 1.84. The van der Waals surface area contributed by atoms with Gasteiger partial charge in [-0.05, 0) is 25.0 Å². The third-order valence-electron chi connectivity index (χ3n) is 4.46. The summed E-state index contributed by atoms with van der Waals surface area (Å²) in [5, 5.41) is 11.7. The molecule has 1 aromatic heterocycles. The number of para-hydroxylation sites is 2. The Morgan fingerprint density at radius 3 is 2.76 bits per heavy atom. The molecule has 0 radical (unpaired) electrons. The molecule has 1 N–H and O–H groups in total. The SMILES string of the molecule is O=C1Cc2nnc(C3CCCCC3)n2-c2ccccc2N1. The molecule has 1 fully saturated rings. The van der Waals surface area contributed by atoms with Crippen LogP contribution in [0.5, 0.6) is 0 Å². The summed E-state index contributed by atoms with van der Waals surface area (Å²) in [4.78, 5) is 12.0. The van der Waals surface area contributed by atoms with E-state index in [1.165, 1.54) is 32.1 Å². The van der Waals surface area contributed by atoms with Crippen molar-refractivity contribution in [3.05, 3.63) is 35.9 Å². The number of nitrogens with zero attached hydrogens (tertiary/aromatic N) is 3. The van der Waals surface area contributed by atoms with Gasteiger partial charge >= 0.3 is 0 Å². The van der Waals surface area contributed by atoms with Crippen LogP contribution in [-0.4, -0.2) is 20.7 Å². The normalized spacial score (nSPS) is 18.6. The summed E-state index contributed by atoms with van der Waals surface area (Å²) < 4.78 is 2.10. The van der Waals surface area contributed by atoms with Gasteiger partial charge in [0.05, 0.1) is 17.8 Å². The Balaban J connectivity index is 1.87. The van der Waals surface area contributed by atoms with Crippen molar-refractivity contribution in [3.63, 3.8) is 0 Å². The van der Waals surface area contributed by atoms with E-state index in [9.17, 15) is 4.79 Å². The lowest BCUT2D eigenvalue weighted by atomic mass is 9.88. The summed E-state index contributed by atoms with van der Waals surface area (Å²) >= 11 is 0. The summed E-state index contributed by atoms with van der Waals surface area (Å²) in [6, 6.07) is 7.90. The lowest BCUT2D eigenvalue weighted by Gasteiger charge is -2.22. The molecule has 2 aliphatic rings. The Kier molecular flexibility index (Phi) is 2.98. The number of aromatic nitrogens is 3. The van der Waals surface area contributed by atoms with Crippen LogP contribution in [-0.2, 0) is 11.2 Å². The number of anilines is 1. The first kappa shape index (κ1) is 12.6. The van der Waals surface area contributed by atoms with E-state index >= 15 is 0 Å². The summed E-state index contributed by atoms with van der Waals surface area (Å²) in [6.07, 6.45) is 6.45. The number of amides is 1. The van der Waals surface area contributed by atoms with Crippen molar-refractivity contribution in [1.29, 1.82) is 0 Å². The zero-order valence-corrected chi connectivity index (χ0v) is 11.9. The van der Waals surface area contributed by atoms with E-state index in [0.29, 0.717) is 5.92 Å². The Labute approximate surface area is 123 Å². The first-order valence-corrected chi connectivity index (χ1v) is 7.66. The Morgan fingerprint density at radius 1 is 1.10 bits per heavy atom. The number of carbonyl (C=O) groups excluding carboxylic acids is 1. The smallest absolute Gasteiger partial charge is 0.232 e. The zero-order chi connectivity index (χ0) is 14.2. The van der Waals surface area contributed by atoms with Gasteiger partial charge in [-0.1, -0.05) is 31.4 Å². The van der Waals surface area contributed by atoms with Crippen molar-refractivity contribution in [2.24, 2.45) is 0 Å². The van der Waals surface area contributed by atoms with E-state index in [1.807, 2.05) is 24.3 Å². The molecule has 0 atom stereocenters. The van der Waals surface area contributed by atoms with Crippen molar-refractivity contribution >= 4 is 11.6 Å². The van der Waals surface area contributed by atoms with Gasteiger partial charge in [0.2, 0.25) is 5.91 Å². The van der Waals surface area contributed by atoms with Crippen LogP contribution in [0.3, 0.4) is 0 Å². The van der Waals surface area contributed by atoms with Gasteiger partial charge in [-0.25, -0.2) is 0 Å². The first-order chi connectivity index (χ1) is 10.3. The van der Waals surface area contributed by atoms with Crippen LogP contribution in [0, 0.1) is 0 Å². The average Bonchev–Trinajstić information content (AvgIpc) is 2.86. The Bertz CT molecular complexity index is 685. The standard InChI is InChI=1S/C16H18N4O/c21-15-10-14-18-19-16(11-6-2-1-3-7-11)20(14)13-9-5-4-8-12(13)17-15/h4-5,8-9,11H,1-3,6-7,10H2,(H,17,21). The molecule has 5 nitrogen and oxygen atoms in total. The van der Waals surface area contributed by atoms with Crippen LogP contribution in [0.15, 0.2) is 24.3 Å². The number of benzene rings is 1. The summed E-state index contributed by atoms with van der Waals surface area (Å²) in [7, 11) is 0. The molecule has 0 unspecified atom stereocenters. The first-order valence-electron chi connectivity index (χ1n) is 7.66. The van der Waals surface area contributed by atoms with Gasteiger partial charge in [0.25, 0.3) is 0 Å². The van der Waals surface area contributed by atoms with Gasteiger partial charge in [-0.3, -0.25) is 9.36 Å². The van der Waals surface area contributed by atoms with Crippen LogP contribution >= 0.6 is 0 Å². The second-order valence-corrected chi connectivity index (χ2v) is 5.89. The van der Waals surface area contributed by atoms with Crippen LogP contribution in [0.1, 0.15) is 49.7 Å². The Morgan fingerprint density at radius 2 is 1.90 bits per heavy atom. The molecule has 5 heteroatoms. The maximum absolute atomic E-state index is 12.0. The molecule has 1 aromatic carbocycles. The second-order valence-electron chi connectivity index (χ2n) is 5.89. The van der Waals surface area contributed by atoms with Crippen molar-refractivity contribution in [2.45, 2.75) is 44.4 Å². The van der Waals surface area contributed by atoms with Crippen molar-refractivity contribution < 1.29 is 4.79 Å². The molecule has 1 amide bonds. The van der Waals surface area contributed by atoms with Gasteiger partial charge < -0.3 is 5.32 Å². The molecule has 21 heavy (non-hydrogen) atoms. The van der Waals surface area contributed by atoms with Crippen LogP contribution < -0.4 is 5.32 Å². The van der Waals surface area contributed by atoms with E-state index in [4.69, 9.17) is 0 Å². The minimum absolute atomic E-state index is 0.0243. The molecule has 1 aliphatic carbocycles. The molecule has 0 saturated heterocycles. The lowest BCUT2D eigenvalue weighted by Crippen LogP contribution is -2.13. The fourth-order valence-electron chi connectivity index (χ4n) is 3.44. The van der Waals surface area contributed by atoms with Crippen LogP contribution in [0.2, 0.25) is 0 Å². The number of hydrogen-bond acceptors (Lipinski definition) is 3. The van der Waals surface area contributed by atoms with Crippen molar-refractivity contribution in [3.8, 4) is 5.69 Å². The van der Waals surface area contributed by atoms with Gasteiger partial charge in [-0.15, -0.1) is 10.2 Å². The molecule has 0 bridgehead atoms. The lowest BCUT2D eigenvalue weighted by molar-refractivity contribution is -0.115. The highest BCUT2D eigenvalue weighted by molar-refractivity contribution is 5.95. The molecule has 4 rings (SSSR count). The van der Waals surface area contributed by atoms with Crippen molar-refractivity contribution in [2.75, 3.05) is 5.32 Å². The quantitative estimate of drug-likeness (QED) is 0.875. The number of nitrogens with one attached hydrogen (secondary N) is 1. The number of hydrogen-bond donors (Lipinski definition) is 1. The van der Waals surface area contributed by atoms with E-state index in [2.05, 4.69) is 20.1 Å². The largest absolute Gasteiger partial charge is 0.324 e. The molecular weight excluding hydrogens is 264 g/mol. The molecule has 0 spiro atoms. The predicted octanol–water partition coefficient (Wildman–Crippen LogP) is 2.81.